The molecular formula is C14H7BrClNO3S2. The number of carbonyl (C=O) groups is 2. The van der Waals surface area contributed by atoms with E-state index in [9.17, 15) is 9.59 Å². The van der Waals surface area contributed by atoms with E-state index in [-0.39, 0.29) is 5.24 Å². The van der Waals surface area contributed by atoms with Crippen LogP contribution in [0.2, 0.25) is 5.02 Å². The minimum atomic E-state index is -0.408. The first kappa shape index (κ1) is 15.7. The molecule has 0 atom stereocenters. The molecule has 1 aromatic heterocycles. The molecule has 2 aromatic rings. The van der Waals surface area contributed by atoms with Crippen molar-refractivity contribution in [3.05, 3.63) is 50.5 Å². The maximum absolute atomic E-state index is 11.5. The Bertz CT molecular complexity index is 786. The van der Waals surface area contributed by atoms with Gasteiger partial charge in [0.25, 0.3) is 11.1 Å². The molecule has 0 radical (unpaired) electrons. The summed E-state index contributed by atoms with van der Waals surface area (Å²) in [7, 11) is 0. The Morgan fingerprint density at radius 2 is 2.00 bits per heavy atom. The van der Waals surface area contributed by atoms with Crippen LogP contribution in [0.25, 0.3) is 6.08 Å². The summed E-state index contributed by atoms with van der Waals surface area (Å²) < 4.78 is 6.47. The number of carbonyl (C=O) groups excluding carboxylic acids is 2. The Labute approximate surface area is 147 Å². The van der Waals surface area contributed by atoms with Gasteiger partial charge in [-0.05, 0) is 58.0 Å². The molecule has 1 aliphatic heterocycles. The van der Waals surface area contributed by atoms with Gasteiger partial charge in [-0.3, -0.25) is 14.9 Å². The van der Waals surface area contributed by atoms with Crippen LogP contribution < -0.4 is 5.32 Å². The highest BCUT2D eigenvalue weighted by molar-refractivity contribution is 9.10. The lowest BCUT2D eigenvalue weighted by molar-refractivity contribution is -0.115. The van der Waals surface area contributed by atoms with Gasteiger partial charge in [0.05, 0.1) is 9.38 Å². The molecule has 1 saturated heterocycles. The highest BCUT2D eigenvalue weighted by Gasteiger charge is 2.25. The number of amides is 2. The van der Waals surface area contributed by atoms with E-state index in [0.29, 0.717) is 20.8 Å². The number of hydrogen-bond acceptors (Lipinski definition) is 5. The van der Waals surface area contributed by atoms with E-state index in [1.807, 2.05) is 12.1 Å². The van der Waals surface area contributed by atoms with Crippen LogP contribution in [0, 0.1) is 0 Å². The topological polar surface area (TPSA) is 59.3 Å². The molecule has 0 unspecified atom stereocenters. The number of furan rings is 1. The Hall–Kier alpha value is -1.15. The zero-order valence-corrected chi connectivity index (χ0v) is 14.7. The predicted molar refractivity (Wildman–Crippen MR) is 91.1 cm³/mol. The van der Waals surface area contributed by atoms with Gasteiger partial charge in [0.2, 0.25) is 0 Å². The second-order valence-corrected chi connectivity index (χ2v) is 7.54. The molecule has 1 aromatic carbocycles. The predicted octanol–water partition coefficient (Wildman–Crippen LogP) is 5.17. The van der Waals surface area contributed by atoms with Crippen molar-refractivity contribution in [2.24, 2.45) is 0 Å². The molecule has 0 spiro atoms. The van der Waals surface area contributed by atoms with Crippen molar-refractivity contribution in [3.8, 4) is 0 Å². The van der Waals surface area contributed by atoms with Crippen molar-refractivity contribution in [3.63, 3.8) is 0 Å². The lowest BCUT2D eigenvalue weighted by atomic mass is 10.4. The van der Waals surface area contributed by atoms with Crippen molar-refractivity contribution in [2.75, 3.05) is 0 Å². The first-order valence-electron chi connectivity index (χ1n) is 5.99. The average Bonchev–Trinajstić information content (AvgIpc) is 2.96. The molecule has 3 rings (SSSR count). The molecule has 8 heteroatoms. The molecule has 0 saturated carbocycles. The van der Waals surface area contributed by atoms with Gasteiger partial charge in [0, 0.05) is 16.0 Å². The summed E-state index contributed by atoms with van der Waals surface area (Å²) in [6.07, 6.45) is 1.54. The quantitative estimate of drug-likeness (QED) is 0.699. The molecule has 0 bridgehead atoms. The first-order chi connectivity index (χ1) is 10.5. The third kappa shape index (κ3) is 3.60. The summed E-state index contributed by atoms with van der Waals surface area (Å²) in [5.74, 6) is 0.0881. The van der Waals surface area contributed by atoms with Crippen molar-refractivity contribution < 1.29 is 14.0 Å². The van der Waals surface area contributed by atoms with E-state index >= 15 is 0 Å². The minimum absolute atomic E-state index is 0.314. The lowest BCUT2D eigenvalue weighted by Crippen LogP contribution is -2.17. The monoisotopic (exact) mass is 415 g/mol. The number of rotatable bonds is 3. The van der Waals surface area contributed by atoms with Gasteiger partial charge in [-0.2, -0.15) is 0 Å². The summed E-state index contributed by atoms with van der Waals surface area (Å²) in [6.45, 7) is 0. The second kappa shape index (κ2) is 6.54. The standard InChI is InChI=1S/C14H7BrClNO3S2/c15-10-5-8(6-11-12(18)17-14(19)22-11)20-13(10)21-9-3-1-7(16)2-4-9/h1-6H,(H,17,18,19)/b11-6+. The fourth-order valence-corrected chi connectivity index (χ4v) is 3.79. The molecule has 2 amide bonds. The van der Waals surface area contributed by atoms with Crippen LogP contribution in [-0.2, 0) is 4.79 Å². The maximum Gasteiger partial charge on any atom is 0.290 e. The Balaban J connectivity index is 1.82. The summed E-state index contributed by atoms with van der Waals surface area (Å²) in [5, 5.41) is 3.15. The minimum Gasteiger partial charge on any atom is -0.449 e. The summed E-state index contributed by atoms with van der Waals surface area (Å²) >= 11 is 11.6. The number of benzene rings is 1. The van der Waals surface area contributed by atoms with Gasteiger partial charge in [0.15, 0.2) is 5.09 Å². The summed E-state index contributed by atoms with van der Waals surface area (Å²) in [5.41, 5.74) is 0. The van der Waals surface area contributed by atoms with E-state index in [4.69, 9.17) is 16.0 Å². The van der Waals surface area contributed by atoms with E-state index in [1.54, 1.807) is 24.3 Å². The van der Waals surface area contributed by atoms with Crippen molar-refractivity contribution in [2.45, 2.75) is 9.99 Å². The maximum atomic E-state index is 11.5. The van der Waals surface area contributed by atoms with Gasteiger partial charge in [-0.1, -0.05) is 23.4 Å². The zero-order chi connectivity index (χ0) is 15.7. The van der Waals surface area contributed by atoms with Crippen LogP contribution in [-0.4, -0.2) is 11.1 Å². The highest BCUT2D eigenvalue weighted by Crippen LogP contribution is 2.37. The van der Waals surface area contributed by atoms with Crippen LogP contribution in [0.5, 0.6) is 0 Å². The molecule has 4 nitrogen and oxygen atoms in total. The first-order valence-corrected chi connectivity index (χ1v) is 8.79. The van der Waals surface area contributed by atoms with Crippen molar-refractivity contribution in [1.29, 1.82) is 0 Å². The van der Waals surface area contributed by atoms with Crippen LogP contribution in [0.1, 0.15) is 5.76 Å². The van der Waals surface area contributed by atoms with E-state index in [1.165, 1.54) is 11.8 Å². The average molecular weight is 417 g/mol. The van der Waals surface area contributed by atoms with Crippen molar-refractivity contribution in [1.82, 2.24) is 5.32 Å². The van der Waals surface area contributed by atoms with Crippen molar-refractivity contribution >= 4 is 68.3 Å². The number of nitrogens with one attached hydrogen (secondary N) is 1. The molecule has 1 aliphatic rings. The molecular weight excluding hydrogens is 410 g/mol. The lowest BCUT2D eigenvalue weighted by Gasteiger charge is -1.98. The van der Waals surface area contributed by atoms with Gasteiger partial charge < -0.3 is 4.42 Å². The van der Waals surface area contributed by atoms with E-state index < -0.39 is 5.91 Å². The smallest absolute Gasteiger partial charge is 0.290 e. The summed E-state index contributed by atoms with van der Waals surface area (Å²) in [4.78, 5) is 23.9. The molecule has 112 valence electrons. The number of thioether (sulfide) groups is 1. The number of halogens is 2. The SMILES string of the molecule is O=C1NC(=O)/C(=C\c2cc(Br)c(Sc3ccc(Cl)cc3)o2)S1. The Morgan fingerprint density at radius 1 is 1.27 bits per heavy atom. The Kier molecular flexibility index (Phi) is 4.67. The fourth-order valence-electron chi connectivity index (χ4n) is 1.67. The second-order valence-electron chi connectivity index (χ2n) is 4.19. The molecule has 2 heterocycles. The van der Waals surface area contributed by atoms with E-state index in [2.05, 4.69) is 21.2 Å². The molecule has 0 aliphatic carbocycles. The van der Waals surface area contributed by atoms with Crippen LogP contribution in [0.4, 0.5) is 4.79 Å². The largest absolute Gasteiger partial charge is 0.449 e. The molecule has 1 N–H and O–H groups in total. The van der Waals surface area contributed by atoms with Crippen LogP contribution in [0.3, 0.4) is 0 Å². The van der Waals surface area contributed by atoms with Crippen LogP contribution in [0.15, 0.2) is 54.1 Å². The Morgan fingerprint density at radius 3 is 2.64 bits per heavy atom. The van der Waals surface area contributed by atoms with Gasteiger partial charge >= 0.3 is 0 Å². The molecule has 22 heavy (non-hydrogen) atoms. The number of imide groups is 1. The van der Waals surface area contributed by atoms with Gasteiger partial charge in [-0.15, -0.1) is 0 Å². The zero-order valence-electron chi connectivity index (χ0n) is 10.8. The summed E-state index contributed by atoms with van der Waals surface area (Å²) in [6, 6.07) is 9.13. The van der Waals surface area contributed by atoms with Crippen LogP contribution >= 0.6 is 51.1 Å². The highest BCUT2D eigenvalue weighted by atomic mass is 79.9. The fraction of sp³-hybridized carbons (Fsp3) is 0. The van der Waals surface area contributed by atoms with Gasteiger partial charge in [0.1, 0.15) is 5.76 Å². The number of hydrogen-bond donors (Lipinski definition) is 1. The van der Waals surface area contributed by atoms with E-state index in [0.717, 1.165) is 21.1 Å². The van der Waals surface area contributed by atoms with Gasteiger partial charge in [-0.25, -0.2) is 0 Å². The normalized spacial score (nSPS) is 16.4. The third-order valence-electron chi connectivity index (χ3n) is 2.61. The molecule has 1 fully saturated rings. The third-order valence-corrected chi connectivity index (χ3v) is 5.52.